The molecular formula is C13H17N3O3. The number of amides is 2. The van der Waals surface area contributed by atoms with Gasteiger partial charge in [0, 0.05) is 0 Å². The molecule has 102 valence electrons. The molecule has 0 aliphatic carbocycles. The number of nitrogens with two attached hydrogens (primary N) is 1. The normalized spacial score (nSPS) is 19.3. The average molecular weight is 263 g/mol. The molecular weight excluding hydrogens is 246 g/mol. The lowest BCUT2D eigenvalue weighted by molar-refractivity contribution is -0.132. The maximum absolute atomic E-state index is 11.8. The van der Waals surface area contributed by atoms with Gasteiger partial charge in [0.05, 0.1) is 25.0 Å². The van der Waals surface area contributed by atoms with Gasteiger partial charge in [0.2, 0.25) is 11.8 Å². The first-order chi connectivity index (χ1) is 9.08. The summed E-state index contributed by atoms with van der Waals surface area (Å²) in [7, 11) is 1.53. The van der Waals surface area contributed by atoms with Crippen molar-refractivity contribution in [2.75, 3.05) is 24.3 Å². The molecule has 6 heteroatoms. The van der Waals surface area contributed by atoms with Crippen LogP contribution in [0.5, 0.6) is 5.75 Å². The molecule has 2 rings (SSSR count). The maximum Gasteiger partial charge on any atom is 0.249 e. The number of benzene rings is 1. The second-order valence-corrected chi connectivity index (χ2v) is 4.36. The summed E-state index contributed by atoms with van der Waals surface area (Å²) in [5.74, 6) is -0.0799. The molecule has 0 spiro atoms. The Hall–Kier alpha value is -2.24. The summed E-state index contributed by atoms with van der Waals surface area (Å²) in [6.07, 6.45) is 0.593. The second kappa shape index (κ2) is 5.17. The second-order valence-electron chi connectivity index (χ2n) is 4.36. The van der Waals surface area contributed by atoms with Crippen molar-refractivity contribution >= 4 is 23.2 Å². The standard InChI is InChI=1S/C13H17N3O3/c1-3-8-13(18)15-11(17)7-16(8)9-5-4-6-10(19-2)12(9)14/h4-6,8H,3,7,14H2,1-2H3,(H,15,17,18). The van der Waals surface area contributed by atoms with Crippen molar-refractivity contribution in [2.45, 2.75) is 19.4 Å². The Balaban J connectivity index is 2.43. The molecule has 0 radical (unpaired) electrons. The minimum atomic E-state index is -0.396. The molecule has 0 aromatic heterocycles. The smallest absolute Gasteiger partial charge is 0.249 e. The lowest BCUT2D eigenvalue weighted by Crippen LogP contribution is -2.58. The summed E-state index contributed by atoms with van der Waals surface area (Å²) in [5.41, 5.74) is 7.11. The van der Waals surface area contributed by atoms with Crippen LogP contribution < -0.4 is 20.7 Å². The first-order valence-electron chi connectivity index (χ1n) is 6.11. The number of anilines is 2. The summed E-state index contributed by atoms with van der Waals surface area (Å²) in [5, 5.41) is 2.34. The van der Waals surface area contributed by atoms with Crippen molar-refractivity contribution in [1.29, 1.82) is 0 Å². The zero-order valence-corrected chi connectivity index (χ0v) is 11.0. The molecule has 1 saturated heterocycles. The van der Waals surface area contributed by atoms with E-state index in [-0.39, 0.29) is 18.4 Å². The number of carbonyl (C=O) groups is 2. The van der Waals surface area contributed by atoms with Gasteiger partial charge in [0.1, 0.15) is 11.8 Å². The number of nitrogens with zero attached hydrogens (tertiary/aromatic N) is 1. The molecule has 1 heterocycles. The monoisotopic (exact) mass is 263 g/mol. The fraction of sp³-hybridized carbons (Fsp3) is 0.385. The third-order valence-corrected chi connectivity index (χ3v) is 3.21. The number of imide groups is 1. The van der Waals surface area contributed by atoms with E-state index < -0.39 is 6.04 Å². The number of carbonyl (C=O) groups excluding carboxylic acids is 2. The van der Waals surface area contributed by atoms with Crippen molar-refractivity contribution in [2.24, 2.45) is 0 Å². The van der Waals surface area contributed by atoms with Crippen LogP contribution in [0.3, 0.4) is 0 Å². The molecule has 1 aliphatic rings. The fourth-order valence-electron chi connectivity index (χ4n) is 2.29. The maximum atomic E-state index is 11.8. The Morgan fingerprint density at radius 3 is 2.84 bits per heavy atom. The average Bonchev–Trinajstić information content (AvgIpc) is 2.38. The first kappa shape index (κ1) is 13.2. The zero-order chi connectivity index (χ0) is 14.0. The Morgan fingerprint density at radius 1 is 1.47 bits per heavy atom. The Bertz CT molecular complexity index is 516. The molecule has 1 unspecified atom stereocenters. The van der Waals surface area contributed by atoms with Gasteiger partial charge in [-0.25, -0.2) is 0 Å². The van der Waals surface area contributed by atoms with Gasteiger partial charge in [-0.2, -0.15) is 0 Å². The largest absolute Gasteiger partial charge is 0.495 e. The summed E-state index contributed by atoms with van der Waals surface area (Å²) in [6, 6.07) is 4.92. The fourth-order valence-corrected chi connectivity index (χ4v) is 2.29. The minimum Gasteiger partial charge on any atom is -0.495 e. The third kappa shape index (κ3) is 2.33. The van der Waals surface area contributed by atoms with Gasteiger partial charge >= 0.3 is 0 Å². The number of ether oxygens (including phenoxy) is 1. The summed E-state index contributed by atoms with van der Waals surface area (Å²) in [6.45, 7) is 2.00. The summed E-state index contributed by atoms with van der Waals surface area (Å²) >= 11 is 0. The lowest BCUT2D eigenvalue weighted by atomic mass is 10.1. The highest BCUT2D eigenvalue weighted by Crippen LogP contribution is 2.34. The van der Waals surface area contributed by atoms with Gasteiger partial charge in [-0.15, -0.1) is 0 Å². The van der Waals surface area contributed by atoms with E-state index in [1.807, 2.05) is 6.92 Å². The lowest BCUT2D eigenvalue weighted by Gasteiger charge is -2.36. The number of nitrogen functional groups attached to an aromatic ring is 1. The van der Waals surface area contributed by atoms with Gasteiger partial charge < -0.3 is 15.4 Å². The van der Waals surface area contributed by atoms with E-state index in [9.17, 15) is 9.59 Å². The van der Waals surface area contributed by atoms with E-state index in [0.717, 1.165) is 0 Å². The predicted molar refractivity (Wildman–Crippen MR) is 72.0 cm³/mol. The molecule has 6 nitrogen and oxygen atoms in total. The molecule has 1 fully saturated rings. The number of nitrogens with one attached hydrogen (secondary N) is 1. The van der Waals surface area contributed by atoms with E-state index >= 15 is 0 Å². The number of methoxy groups -OCH3 is 1. The van der Waals surface area contributed by atoms with Crippen molar-refractivity contribution in [3.05, 3.63) is 18.2 Å². The molecule has 2 amide bonds. The zero-order valence-electron chi connectivity index (χ0n) is 11.0. The van der Waals surface area contributed by atoms with E-state index in [4.69, 9.17) is 10.5 Å². The van der Waals surface area contributed by atoms with E-state index in [2.05, 4.69) is 5.32 Å². The van der Waals surface area contributed by atoms with Gasteiger partial charge in [-0.05, 0) is 18.6 Å². The molecule has 0 bridgehead atoms. The number of piperazine rings is 1. The molecule has 3 N–H and O–H groups in total. The van der Waals surface area contributed by atoms with E-state index in [0.29, 0.717) is 23.5 Å². The van der Waals surface area contributed by atoms with Crippen LogP contribution in [0.2, 0.25) is 0 Å². The molecule has 1 aromatic rings. The minimum absolute atomic E-state index is 0.113. The number of hydrogen-bond acceptors (Lipinski definition) is 5. The molecule has 1 atom stereocenters. The molecule has 1 aliphatic heterocycles. The van der Waals surface area contributed by atoms with Crippen LogP contribution in [0.4, 0.5) is 11.4 Å². The Labute approximate surface area is 111 Å². The van der Waals surface area contributed by atoms with Crippen molar-refractivity contribution in [3.8, 4) is 5.75 Å². The highest BCUT2D eigenvalue weighted by atomic mass is 16.5. The summed E-state index contributed by atoms with van der Waals surface area (Å²) in [4.78, 5) is 25.1. The van der Waals surface area contributed by atoms with Gasteiger partial charge in [-0.1, -0.05) is 13.0 Å². The highest BCUT2D eigenvalue weighted by molar-refractivity contribution is 6.05. The van der Waals surface area contributed by atoms with E-state index in [1.54, 1.807) is 23.1 Å². The van der Waals surface area contributed by atoms with Gasteiger partial charge in [0.25, 0.3) is 0 Å². The number of para-hydroxylation sites is 1. The van der Waals surface area contributed by atoms with Gasteiger partial charge in [-0.3, -0.25) is 14.9 Å². The van der Waals surface area contributed by atoms with Crippen LogP contribution in [0.25, 0.3) is 0 Å². The SMILES string of the molecule is CCC1C(=O)NC(=O)CN1c1cccc(OC)c1N. The van der Waals surface area contributed by atoms with Crippen molar-refractivity contribution < 1.29 is 14.3 Å². The van der Waals surface area contributed by atoms with Crippen LogP contribution in [0, 0.1) is 0 Å². The molecule has 1 aromatic carbocycles. The van der Waals surface area contributed by atoms with Crippen LogP contribution in [-0.4, -0.2) is 31.5 Å². The quantitative estimate of drug-likeness (QED) is 0.613. The first-order valence-corrected chi connectivity index (χ1v) is 6.11. The number of rotatable bonds is 3. The van der Waals surface area contributed by atoms with Crippen LogP contribution in [0.1, 0.15) is 13.3 Å². The number of hydrogen-bond donors (Lipinski definition) is 2. The molecule has 0 saturated carbocycles. The van der Waals surface area contributed by atoms with Crippen molar-refractivity contribution in [1.82, 2.24) is 5.32 Å². The predicted octanol–water partition coefficient (Wildman–Crippen LogP) is 0.519. The van der Waals surface area contributed by atoms with Crippen LogP contribution >= 0.6 is 0 Å². The third-order valence-electron chi connectivity index (χ3n) is 3.21. The van der Waals surface area contributed by atoms with E-state index in [1.165, 1.54) is 7.11 Å². The molecule has 19 heavy (non-hydrogen) atoms. The highest BCUT2D eigenvalue weighted by Gasteiger charge is 2.33. The Kier molecular flexibility index (Phi) is 3.59. The van der Waals surface area contributed by atoms with Crippen molar-refractivity contribution in [3.63, 3.8) is 0 Å². The van der Waals surface area contributed by atoms with Crippen LogP contribution in [-0.2, 0) is 9.59 Å². The Morgan fingerprint density at radius 2 is 2.21 bits per heavy atom. The van der Waals surface area contributed by atoms with Gasteiger partial charge in [0.15, 0.2) is 0 Å². The topological polar surface area (TPSA) is 84.7 Å². The summed E-state index contributed by atoms with van der Waals surface area (Å²) < 4.78 is 5.16. The van der Waals surface area contributed by atoms with Crippen LogP contribution in [0.15, 0.2) is 18.2 Å².